The molecule has 0 saturated heterocycles. The van der Waals surface area contributed by atoms with Crippen LogP contribution in [0.25, 0.3) is 0 Å². The Bertz CT molecular complexity index is 674. The van der Waals surface area contributed by atoms with E-state index in [-0.39, 0.29) is 0 Å². The number of aromatic nitrogens is 1. The first-order valence-electron chi connectivity index (χ1n) is 6.90. The summed E-state index contributed by atoms with van der Waals surface area (Å²) < 4.78 is 5.34. The quantitative estimate of drug-likeness (QED) is 0.914. The molecule has 0 amide bonds. The number of aryl methyl sites for hydroxylation is 2. The molecule has 4 heteroatoms. The van der Waals surface area contributed by atoms with Gasteiger partial charge >= 0.3 is 0 Å². The lowest BCUT2D eigenvalue weighted by atomic mass is 10.1. The molecule has 0 unspecified atom stereocenters. The largest absolute Gasteiger partial charge is 0.496 e. The van der Waals surface area contributed by atoms with Gasteiger partial charge in [-0.3, -0.25) is 4.98 Å². The minimum absolute atomic E-state index is 0.612. The lowest BCUT2D eigenvalue weighted by Crippen LogP contribution is -2.08. The first-order valence-corrected chi connectivity index (χ1v) is 6.90. The van der Waals surface area contributed by atoms with Crippen LogP contribution in [-0.4, -0.2) is 18.6 Å². The molecule has 0 spiro atoms. The standard InChI is InChI=1S/C17H19N3O/c1-12-10-16(15(11-18)13(2)20-12)19-9-8-14-6-4-5-7-17(14)21-3/h4-7,10H,8-9H2,1-3H3,(H,19,20). The van der Waals surface area contributed by atoms with Crippen LogP contribution in [0.15, 0.2) is 30.3 Å². The average molecular weight is 281 g/mol. The van der Waals surface area contributed by atoms with Crippen molar-refractivity contribution in [1.29, 1.82) is 5.26 Å². The average Bonchev–Trinajstić information content (AvgIpc) is 2.47. The number of methoxy groups -OCH3 is 1. The lowest BCUT2D eigenvalue weighted by Gasteiger charge is -2.12. The van der Waals surface area contributed by atoms with E-state index in [0.29, 0.717) is 5.56 Å². The van der Waals surface area contributed by atoms with Gasteiger partial charge in [-0.05, 0) is 38.0 Å². The molecule has 4 nitrogen and oxygen atoms in total. The topological polar surface area (TPSA) is 57.9 Å². The third kappa shape index (κ3) is 3.51. The van der Waals surface area contributed by atoms with Crippen molar-refractivity contribution in [2.45, 2.75) is 20.3 Å². The molecule has 1 aromatic heterocycles. The first kappa shape index (κ1) is 14.9. The van der Waals surface area contributed by atoms with Gasteiger partial charge in [-0.15, -0.1) is 0 Å². The molecule has 2 rings (SSSR count). The van der Waals surface area contributed by atoms with Gasteiger partial charge in [0.15, 0.2) is 0 Å². The maximum atomic E-state index is 9.24. The van der Waals surface area contributed by atoms with E-state index in [9.17, 15) is 5.26 Å². The maximum Gasteiger partial charge on any atom is 0.122 e. The van der Waals surface area contributed by atoms with Crippen molar-refractivity contribution in [3.63, 3.8) is 0 Å². The van der Waals surface area contributed by atoms with Crippen LogP contribution in [-0.2, 0) is 6.42 Å². The van der Waals surface area contributed by atoms with Gasteiger partial charge in [0.1, 0.15) is 11.8 Å². The van der Waals surface area contributed by atoms with Crippen LogP contribution in [0.2, 0.25) is 0 Å². The number of nitrogens with zero attached hydrogens (tertiary/aromatic N) is 2. The number of nitrogens with one attached hydrogen (secondary N) is 1. The molecule has 2 aromatic rings. The van der Waals surface area contributed by atoms with Gasteiger partial charge in [0, 0.05) is 12.2 Å². The van der Waals surface area contributed by atoms with Gasteiger partial charge in [-0.2, -0.15) is 5.26 Å². The van der Waals surface area contributed by atoms with Crippen LogP contribution in [0.4, 0.5) is 5.69 Å². The normalized spacial score (nSPS) is 10.0. The molecular formula is C17H19N3O. The van der Waals surface area contributed by atoms with Crippen molar-refractivity contribution in [2.75, 3.05) is 19.0 Å². The van der Waals surface area contributed by atoms with Gasteiger partial charge in [-0.1, -0.05) is 18.2 Å². The highest BCUT2D eigenvalue weighted by molar-refractivity contribution is 5.59. The SMILES string of the molecule is COc1ccccc1CCNc1cc(C)nc(C)c1C#N. The summed E-state index contributed by atoms with van der Waals surface area (Å²) in [4.78, 5) is 4.32. The van der Waals surface area contributed by atoms with Crippen molar-refractivity contribution >= 4 is 5.69 Å². The molecule has 0 bridgehead atoms. The molecule has 1 N–H and O–H groups in total. The highest BCUT2D eigenvalue weighted by Crippen LogP contribution is 2.20. The van der Waals surface area contributed by atoms with Crippen molar-refractivity contribution in [3.8, 4) is 11.8 Å². The maximum absolute atomic E-state index is 9.24. The highest BCUT2D eigenvalue weighted by atomic mass is 16.5. The van der Waals surface area contributed by atoms with Crippen LogP contribution >= 0.6 is 0 Å². The Kier molecular flexibility index (Phi) is 4.78. The van der Waals surface area contributed by atoms with E-state index in [1.165, 1.54) is 0 Å². The van der Waals surface area contributed by atoms with Crippen molar-refractivity contribution < 1.29 is 4.74 Å². The minimum Gasteiger partial charge on any atom is -0.496 e. The Labute approximate surface area is 125 Å². The van der Waals surface area contributed by atoms with E-state index in [1.807, 2.05) is 38.1 Å². The third-order valence-corrected chi connectivity index (χ3v) is 3.34. The number of benzene rings is 1. The van der Waals surface area contributed by atoms with Gasteiger partial charge < -0.3 is 10.1 Å². The Morgan fingerprint density at radius 1 is 1.29 bits per heavy atom. The number of pyridine rings is 1. The van der Waals surface area contributed by atoms with E-state index < -0.39 is 0 Å². The van der Waals surface area contributed by atoms with Crippen molar-refractivity contribution in [3.05, 3.63) is 52.8 Å². The van der Waals surface area contributed by atoms with Crippen LogP contribution in [0.3, 0.4) is 0 Å². The fourth-order valence-electron chi connectivity index (χ4n) is 2.35. The summed E-state index contributed by atoms with van der Waals surface area (Å²) in [6.45, 7) is 4.52. The zero-order valence-electron chi connectivity index (χ0n) is 12.6. The summed E-state index contributed by atoms with van der Waals surface area (Å²) in [6, 6.07) is 12.1. The molecule has 0 fully saturated rings. The van der Waals surface area contributed by atoms with Crippen LogP contribution in [0, 0.1) is 25.2 Å². The minimum atomic E-state index is 0.612. The molecule has 21 heavy (non-hydrogen) atoms. The Hall–Kier alpha value is -2.54. The molecule has 108 valence electrons. The highest BCUT2D eigenvalue weighted by Gasteiger charge is 2.08. The van der Waals surface area contributed by atoms with Gasteiger partial charge in [-0.25, -0.2) is 0 Å². The number of rotatable bonds is 5. The second kappa shape index (κ2) is 6.76. The van der Waals surface area contributed by atoms with Gasteiger partial charge in [0.25, 0.3) is 0 Å². The summed E-state index contributed by atoms with van der Waals surface area (Å²) in [7, 11) is 1.68. The molecule has 0 radical (unpaired) electrons. The first-order chi connectivity index (χ1) is 10.2. The molecule has 0 saturated carbocycles. The number of hydrogen-bond acceptors (Lipinski definition) is 4. The van der Waals surface area contributed by atoms with E-state index in [1.54, 1.807) is 7.11 Å². The summed E-state index contributed by atoms with van der Waals surface area (Å²) in [5.74, 6) is 0.891. The summed E-state index contributed by atoms with van der Waals surface area (Å²) in [5, 5.41) is 12.6. The Morgan fingerprint density at radius 3 is 2.76 bits per heavy atom. The lowest BCUT2D eigenvalue weighted by molar-refractivity contribution is 0.410. The fraction of sp³-hybridized carbons (Fsp3) is 0.294. The Morgan fingerprint density at radius 2 is 2.05 bits per heavy atom. The zero-order valence-corrected chi connectivity index (χ0v) is 12.6. The second-order valence-electron chi connectivity index (χ2n) is 4.87. The molecule has 0 aliphatic carbocycles. The predicted molar refractivity (Wildman–Crippen MR) is 83.6 cm³/mol. The summed E-state index contributed by atoms with van der Waals surface area (Å²) in [5.41, 5.74) is 4.27. The number of ether oxygens (including phenoxy) is 1. The second-order valence-corrected chi connectivity index (χ2v) is 4.87. The van der Waals surface area contributed by atoms with E-state index in [4.69, 9.17) is 4.74 Å². The number of anilines is 1. The molecule has 0 aliphatic heterocycles. The number of hydrogen-bond donors (Lipinski definition) is 1. The fourth-order valence-corrected chi connectivity index (χ4v) is 2.35. The third-order valence-electron chi connectivity index (χ3n) is 3.34. The molecule has 1 heterocycles. The van der Waals surface area contributed by atoms with Crippen LogP contribution in [0.5, 0.6) is 5.75 Å². The Balaban J connectivity index is 2.09. The van der Waals surface area contributed by atoms with Crippen molar-refractivity contribution in [1.82, 2.24) is 4.98 Å². The zero-order chi connectivity index (χ0) is 15.2. The van der Waals surface area contributed by atoms with E-state index >= 15 is 0 Å². The van der Waals surface area contributed by atoms with E-state index in [2.05, 4.69) is 22.4 Å². The van der Waals surface area contributed by atoms with Gasteiger partial charge in [0.05, 0.1) is 24.1 Å². The summed E-state index contributed by atoms with van der Waals surface area (Å²) >= 11 is 0. The monoisotopic (exact) mass is 281 g/mol. The molecule has 0 aliphatic rings. The van der Waals surface area contributed by atoms with Gasteiger partial charge in [0.2, 0.25) is 0 Å². The predicted octanol–water partition coefficient (Wildman–Crippen LogP) is 3.23. The van der Waals surface area contributed by atoms with Crippen LogP contribution in [0.1, 0.15) is 22.5 Å². The number of para-hydroxylation sites is 1. The number of nitriles is 1. The molecule has 1 aromatic carbocycles. The molecular weight excluding hydrogens is 262 g/mol. The summed E-state index contributed by atoms with van der Waals surface area (Å²) in [6.07, 6.45) is 0.829. The van der Waals surface area contributed by atoms with Crippen molar-refractivity contribution in [2.24, 2.45) is 0 Å². The van der Waals surface area contributed by atoms with E-state index in [0.717, 1.165) is 41.4 Å². The van der Waals surface area contributed by atoms with Crippen LogP contribution < -0.4 is 10.1 Å². The smallest absolute Gasteiger partial charge is 0.122 e. The molecule has 0 atom stereocenters.